The van der Waals surface area contributed by atoms with Gasteiger partial charge in [0.2, 0.25) is 0 Å². The summed E-state index contributed by atoms with van der Waals surface area (Å²) in [5, 5.41) is 13.8. The standard InChI is InChI=1S/C25H27N3O6S/c1-3-4-7-16-26-25(29)27-35(32,33)24-17-20(28(30)31)14-15-23(24)34-22-9-6-5-8-21(22)19-12-10-18(2)11-13-19/h5-6,8-15,17H,3-4,7,16H2,1-2H3,(H2,26,27,29). The van der Waals surface area contributed by atoms with Gasteiger partial charge in [-0.15, -0.1) is 0 Å². The molecule has 2 N–H and O–H groups in total. The fraction of sp³-hybridized carbons (Fsp3) is 0.240. The normalized spacial score (nSPS) is 11.0. The van der Waals surface area contributed by atoms with Gasteiger partial charge in [-0.3, -0.25) is 10.1 Å². The highest BCUT2D eigenvalue weighted by atomic mass is 32.2. The Kier molecular flexibility index (Phi) is 8.43. The number of urea groups is 1. The van der Waals surface area contributed by atoms with E-state index in [1.807, 2.05) is 55.0 Å². The van der Waals surface area contributed by atoms with E-state index in [-0.39, 0.29) is 5.75 Å². The second-order valence-electron chi connectivity index (χ2n) is 7.92. The van der Waals surface area contributed by atoms with E-state index >= 15 is 0 Å². The summed E-state index contributed by atoms with van der Waals surface area (Å²) in [6.45, 7) is 4.27. The Morgan fingerprint density at radius 3 is 2.40 bits per heavy atom. The van der Waals surface area contributed by atoms with Crippen LogP contribution in [-0.4, -0.2) is 25.9 Å². The number of nitro groups is 1. The van der Waals surface area contributed by atoms with E-state index in [0.717, 1.165) is 36.1 Å². The molecule has 0 fully saturated rings. The van der Waals surface area contributed by atoms with Gasteiger partial charge in [-0.1, -0.05) is 67.8 Å². The van der Waals surface area contributed by atoms with Gasteiger partial charge in [0, 0.05) is 24.2 Å². The zero-order chi connectivity index (χ0) is 25.4. The highest BCUT2D eigenvalue weighted by molar-refractivity contribution is 7.90. The predicted octanol–water partition coefficient (Wildman–Crippen LogP) is 5.54. The molecule has 0 atom stereocenters. The van der Waals surface area contributed by atoms with Crippen LogP contribution in [0.3, 0.4) is 0 Å². The van der Waals surface area contributed by atoms with E-state index < -0.39 is 31.6 Å². The Labute approximate surface area is 204 Å². The molecule has 0 saturated heterocycles. The van der Waals surface area contributed by atoms with Crippen molar-refractivity contribution in [1.82, 2.24) is 10.0 Å². The van der Waals surface area contributed by atoms with Crippen molar-refractivity contribution in [3.05, 3.63) is 82.4 Å². The van der Waals surface area contributed by atoms with Crippen LogP contribution in [-0.2, 0) is 10.0 Å². The lowest BCUT2D eigenvalue weighted by atomic mass is 10.0. The second kappa shape index (κ2) is 11.5. The van der Waals surface area contributed by atoms with Crippen LogP contribution in [0.4, 0.5) is 10.5 Å². The highest BCUT2D eigenvalue weighted by Gasteiger charge is 2.26. The molecule has 0 aliphatic heterocycles. The van der Waals surface area contributed by atoms with Gasteiger partial charge in [-0.05, 0) is 31.0 Å². The third kappa shape index (κ3) is 6.80. The lowest BCUT2D eigenvalue weighted by Crippen LogP contribution is -2.39. The highest BCUT2D eigenvalue weighted by Crippen LogP contribution is 2.37. The Balaban J connectivity index is 1.95. The molecule has 10 heteroatoms. The van der Waals surface area contributed by atoms with Gasteiger partial charge in [-0.2, -0.15) is 0 Å². The van der Waals surface area contributed by atoms with Crippen molar-refractivity contribution in [1.29, 1.82) is 0 Å². The van der Waals surface area contributed by atoms with E-state index in [0.29, 0.717) is 24.3 Å². The summed E-state index contributed by atoms with van der Waals surface area (Å²) >= 11 is 0. The first-order chi connectivity index (χ1) is 16.7. The van der Waals surface area contributed by atoms with Crippen LogP contribution in [0, 0.1) is 17.0 Å². The molecule has 0 bridgehead atoms. The number of unbranched alkanes of at least 4 members (excludes halogenated alkanes) is 2. The summed E-state index contributed by atoms with van der Waals surface area (Å²) in [6, 6.07) is 17.1. The molecule has 35 heavy (non-hydrogen) atoms. The molecule has 2 amide bonds. The first-order valence-electron chi connectivity index (χ1n) is 11.1. The zero-order valence-electron chi connectivity index (χ0n) is 19.5. The van der Waals surface area contributed by atoms with Crippen molar-refractivity contribution in [3.63, 3.8) is 0 Å². The van der Waals surface area contributed by atoms with Gasteiger partial charge in [0.15, 0.2) is 0 Å². The van der Waals surface area contributed by atoms with Gasteiger partial charge < -0.3 is 10.1 Å². The van der Waals surface area contributed by atoms with Crippen molar-refractivity contribution < 1.29 is 22.9 Å². The average Bonchev–Trinajstić information content (AvgIpc) is 2.82. The molecular weight excluding hydrogens is 470 g/mol. The van der Waals surface area contributed by atoms with Gasteiger partial charge in [-0.25, -0.2) is 17.9 Å². The molecule has 0 unspecified atom stereocenters. The number of carbonyl (C=O) groups excluding carboxylic acids is 1. The monoisotopic (exact) mass is 497 g/mol. The first kappa shape index (κ1) is 25.7. The minimum atomic E-state index is -4.48. The summed E-state index contributed by atoms with van der Waals surface area (Å²) in [7, 11) is -4.48. The quantitative estimate of drug-likeness (QED) is 0.215. The van der Waals surface area contributed by atoms with Crippen molar-refractivity contribution in [2.45, 2.75) is 38.0 Å². The number of hydrogen-bond acceptors (Lipinski definition) is 6. The molecule has 0 heterocycles. The largest absolute Gasteiger partial charge is 0.455 e. The topological polar surface area (TPSA) is 128 Å². The van der Waals surface area contributed by atoms with Crippen LogP contribution in [0.1, 0.15) is 31.7 Å². The first-order valence-corrected chi connectivity index (χ1v) is 12.6. The summed E-state index contributed by atoms with van der Waals surface area (Å²) in [5.41, 5.74) is 2.18. The smallest absolute Gasteiger partial charge is 0.328 e. The number of hydrogen-bond donors (Lipinski definition) is 2. The lowest BCUT2D eigenvalue weighted by molar-refractivity contribution is -0.385. The summed E-state index contributed by atoms with van der Waals surface area (Å²) < 4.78 is 34.0. The van der Waals surface area contributed by atoms with Crippen molar-refractivity contribution in [2.24, 2.45) is 0 Å². The molecule has 0 radical (unpaired) electrons. The molecule has 9 nitrogen and oxygen atoms in total. The Hall–Kier alpha value is -3.92. The SMILES string of the molecule is CCCCCNC(=O)NS(=O)(=O)c1cc([N+](=O)[O-])ccc1Oc1ccccc1-c1ccc(C)cc1. The minimum absolute atomic E-state index is 0.151. The molecule has 0 aromatic heterocycles. The van der Waals surface area contributed by atoms with Crippen LogP contribution >= 0.6 is 0 Å². The van der Waals surface area contributed by atoms with E-state index in [2.05, 4.69) is 5.32 Å². The Morgan fingerprint density at radius 1 is 1.00 bits per heavy atom. The third-order valence-corrected chi connectivity index (χ3v) is 6.54. The third-order valence-electron chi connectivity index (χ3n) is 5.19. The van der Waals surface area contributed by atoms with Gasteiger partial charge in [0.05, 0.1) is 4.92 Å². The Bertz CT molecular complexity index is 1310. The fourth-order valence-electron chi connectivity index (χ4n) is 3.34. The van der Waals surface area contributed by atoms with Gasteiger partial charge in [0.1, 0.15) is 16.4 Å². The van der Waals surface area contributed by atoms with Gasteiger partial charge in [0.25, 0.3) is 15.7 Å². The number of aryl methyl sites for hydroxylation is 1. The number of amides is 2. The Morgan fingerprint density at radius 2 is 1.71 bits per heavy atom. The van der Waals surface area contributed by atoms with Crippen LogP contribution in [0.15, 0.2) is 71.6 Å². The summed E-state index contributed by atoms with van der Waals surface area (Å²) in [5.74, 6) is 0.201. The molecule has 0 aliphatic carbocycles. The molecule has 0 spiro atoms. The number of sulfonamides is 1. The number of carbonyl (C=O) groups is 1. The van der Waals surface area contributed by atoms with Crippen LogP contribution in [0.5, 0.6) is 11.5 Å². The maximum atomic E-state index is 13.0. The van der Waals surface area contributed by atoms with Crippen molar-refractivity contribution >= 4 is 21.7 Å². The van der Waals surface area contributed by atoms with E-state index in [9.17, 15) is 23.3 Å². The van der Waals surface area contributed by atoms with Crippen LogP contribution in [0.25, 0.3) is 11.1 Å². The summed E-state index contributed by atoms with van der Waals surface area (Å²) in [6.07, 6.45) is 2.53. The maximum absolute atomic E-state index is 13.0. The fourth-order valence-corrected chi connectivity index (χ4v) is 4.42. The van der Waals surface area contributed by atoms with E-state index in [1.165, 1.54) is 6.07 Å². The maximum Gasteiger partial charge on any atom is 0.328 e. The number of nitrogens with one attached hydrogen (secondary N) is 2. The molecule has 0 aliphatic rings. The number of rotatable bonds is 10. The molecule has 184 valence electrons. The van der Waals surface area contributed by atoms with E-state index in [4.69, 9.17) is 4.74 Å². The lowest BCUT2D eigenvalue weighted by Gasteiger charge is -2.15. The van der Waals surface area contributed by atoms with E-state index in [1.54, 1.807) is 12.1 Å². The number of non-ortho nitro benzene ring substituents is 1. The predicted molar refractivity (Wildman–Crippen MR) is 133 cm³/mol. The summed E-state index contributed by atoms with van der Waals surface area (Å²) in [4.78, 5) is 22.3. The number of ether oxygens (including phenoxy) is 1. The molecule has 3 aromatic carbocycles. The number of nitro benzene ring substituents is 1. The van der Waals surface area contributed by atoms with Crippen LogP contribution in [0.2, 0.25) is 0 Å². The van der Waals surface area contributed by atoms with Crippen LogP contribution < -0.4 is 14.8 Å². The average molecular weight is 498 g/mol. The second-order valence-corrected chi connectivity index (χ2v) is 9.57. The minimum Gasteiger partial charge on any atom is -0.455 e. The molecule has 3 aromatic rings. The molecule has 3 rings (SSSR count). The number of benzene rings is 3. The molecule has 0 saturated carbocycles. The van der Waals surface area contributed by atoms with Gasteiger partial charge >= 0.3 is 6.03 Å². The van der Waals surface area contributed by atoms with Crippen molar-refractivity contribution in [2.75, 3.05) is 6.54 Å². The molecular formula is C25H27N3O6S. The van der Waals surface area contributed by atoms with Crippen molar-refractivity contribution in [3.8, 4) is 22.6 Å². The number of para-hydroxylation sites is 1. The zero-order valence-corrected chi connectivity index (χ0v) is 20.3. The number of nitrogens with zero attached hydrogens (tertiary/aromatic N) is 1.